The summed E-state index contributed by atoms with van der Waals surface area (Å²) in [6, 6.07) is 15.8. The summed E-state index contributed by atoms with van der Waals surface area (Å²) in [5.74, 6) is -1.49. The van der Waals surface area contributed by atoms with Gasteiger partial charge >= 0.3 is 6.18 Å². The predicted octanol–water partition coefficient (Wildman–Crippen LogP) is 6.82. The van der Waals surface area contributed by atoms with Gasteiger partial charge in [0.05, 0.1) is 29.3 Å². The van der Waals surface area contributed by atoms with Crippen LogP contribution < -0.4 is 10.3 Å². The normalized spacial score (nSPS) is 16.7. The third-order valence-electron chi connectivity index (χ3n) is 8.89. The van der Waals surface area contributed by atoms with E-state index in [0.717, 1.165) is 18.2 Å². The monoisotopic (exact) mass is 669 g/mol. The summed E-state index contributed by atoms with van der Waals surface area (Å²) in [5, 5.41) is 0.443. The molecule has 1 unspecified atom stereocenters. The van der Waals surface area contributed by atoms with Gasteiger partial charge in [0.15, 0.2) is 11.6 Å². The van der Waals surface area contributed by atoms with Gasteiger partial charge in [-0.05, 0) is 48.4 Å². The molecule has 1 fully saturated rings. The molecule has 0 bridgehead atoms. The molecule has 3 heterocycles. The van der Waals surface area contributed by atoms with Crippen molar-refractivity contribution in [3.05, 3.63) is 117 Å². The van der Waals surface area contributed by atoms with Crippen LogP contribution in [0.2, 0.25) is 0 Å². The van der Waals surface area contributed by atoms with Crippen molar-refractivity contribution < 1.29 is 31.5 Å². The van der Waals surface area contributed by atoms with Crippen molar-refractivity contribution in [2.45, 2.75) is 30.6 Å². The zero-order chi connectivity index (χ0) is 33.5. The average Bonchev–Trinajstić information content (AvgIpc) is 3.48. The molecule has 1 aromatic heterocycles. The van der Waals surface area contributed by atoms with Gasteiger partial charge in [0.2, 0.25) is 0 Å². The van der Waals surface area contributed by atoms with Gasteiger partial charge in [-0.15, -0.1) is 11.8 Å². The Morgan fingerprint density at radius 1 is 0.936 bits per heavy atom. The van der Waals surface area contributed by atoms with Crippen LogP contribution in [-0.4, -0.2) is 65.9 Å². The minimum atomic E-state index is -4.80. The lowest BCUT2D eigenvalue weighted by atomic mass is 9.92. The molecule has 1 atom stereocenters. The first-order valence-corrected chi connectivity index (χ1v) is 16.1. The molecule has 12 heteroatoms. The fraction of sp³-hybridized carbons (Fsp3) is 0.314. The molecule has 1 amide bonds. The largest absolute Gasteiger partial charge is 0.494 e. The van der Waals surface area contributed by atoms with Crippen LogP contribution in [0.25, 0.3) is 11.1 Å². The molecular formula is C35H32F5N3O3S. The maximum atomic E-state index is 15.7. The highest BCUT2D eigenvalue weighted by molar-refractivity contribution is 7.99. The minimum absolute atomic E-state index is 0.00387. The number of fused-ring (bicyclic) bond motifs is 1. The lowest BCUT2D eigenvalue weighted by Gasteiger charge is -2.36. The van der Waals surface area contributed by atoms with E-state index in [1.807, 2.05) is 18.2 Å². The van der Waals surface area contributed by atoms with E-state index in [9.17, 15) is 22.8 Å². The Hall–Kier alpha value is -4.16. The summed E-state index contributed by atoms with van der Waals surface area (Å²) in [7, 11) is 1.30. The van der Waals surface area contributed by atoms with Gasteiger partial charge in [0.25, 0.3) is 11.5 Å². The number of carbonyl (C=O) groups is 1. The maximum Gasteiger partial charge on any atom is 0.416 e. The standard InChI is InChI=1S/C35H32F5N3O3S/c1-21-25(18-26-27(35(38,39)40)11-7-12-28(26)36)34-43(33(45)30(21)24-10-6-13-29(46-2)31(24)37)23(20-47-34)19-41-14-16-42(17-15-41)32(44)22-8-4-3-5-9-22/h3-13,23H,14-20H2,1-2H3. The average molecular weight is 670 g/mol. The van der Waals surface area contributed by atoms with E-state index in [4.69, 9.17) is 4.74 Å². The second kappa shape index (κ2) is 13.2. The number of methoxy groups -OCH3 is 1. The van der Waals surface area contributed by atoms with Crippen molar-refractivity contribution in [2.75, 3.05) is 45.6 Å². The number of pyridine rings is 1. The molecule has 0 radical (unpaired) electrons. The number of nitrogens with zero attached hydrogens (tertiary/aromatic N) is 3. The zero-order valence-electron chi connectivity index (χ0n) is 25.7. The van der Waals surface area contributed by atoms with Crippen molar-refractivity contribution in [1.29, 1.82) is 0 Å². The number of piperazine rings is 1. The Labute approximate surface area is 272 Å². The number of carbonyl (C=O) groups excluding carboxylic acids is 1. The maximum absolute atomic E-state index is 15.7. The van der Waals surface area contributed by atoms with Crippen LogP contribution in [0.3, 0.4) is 0 Å². The number of aromatic nitrogens is 1. The van der Waals surface area contributed by atoms with Gasteiger partial charge in [-0.25, -0.2) is 8.78 Å². The SMILES string of the molecule is COc1cccc(-c2c(C)c(Cc3c(F)cccc3C(F)(F)F)c3n(c2=O)C(CN2CCN(C(=O)c4ccccc4)CC2)CS3)c1F. The Morgan fingerprint density at radius 2 is 1.64 bits per heavy atom. The first-order valence-electron chi connectivity index (χ1n) is 15.1. The minimum Gasteiger partial charge on any atom is -0.494 e. The molecular weight excluding hydrogens is 637 g/mol. The van der Waals surface area contributed by atoms with Crippen LogP contribution in [0.1, 0.15) is 38.7 Å². The number of benzene rings is 3. The van der Waals surface area contributed by atoms with Crippen LogP contribution in [0.5, 0.6) is 5.75 Å². The van der Waals surface area contributed by atoms with E-state index in [-0.39, 0.29) is 28.3 Å². The first kappa shape index (κ1) is 32.8. The van der Waals surface area contributed by atoms with Gasteiger partial charge in [0.1, 0.15) is 5.82 Å². The smallest absolute Gasteiger partial charge is 0.416 e. The Kier molecular flexibility index (Phi) is 9.17. The molecule has 0 aliphatic carbocycles. The van der Waals surface area contributed by atoms with Gasteiger partial charge < -0.3 is 9.64 Å². The summed E-state index contributed by atoms with van der Waals surface area (Å²) in [5.41, 5.74) is -0.937. The van der Waals surface area contributed by atoms with Crippen LogP contribution in [0, 0.1) is 18.6 Å². The number of alkyl halides is 3. The number of halogens is 5. The van der Waals surface area contributed by atoms with Crippen molar-refractivity contribution in [3.8, 4) is 16.9 Å². The summed E-state index contributed by atoms with van der Waals surface area (Å²) in [6.07, 6.45) is -5.25. The lowest BCUT2D eigenvalue weighted by Crippen LogP contribution is -2.50. The second-order valence-corrected chi connectivity index (χ2v) is 12.7. The number of rotatable bonds is 7. The van der Waals surface area contributed by atoms with Crippen LogP contribution in [0.15, 0.2) is 76.6 Å². The number of thioether (sulfide) groups is 1. The molecule has 2 aliphatic rings. The molecule has 0 saturated carbocycles. The van der Waals surface area contributed by atoms with Crippen LogP contribution in [-0.2, 0) is 12.6 Å². The molecule has 246 valence electrons. The number of hydrogen-bond donors (Lipinski definition) is 0. The Balaban J connectivity index is 1.38. The summed E-state index contributed by atoms with van der Waals surface area (Å²) in [6.45, 7) is 4.10. The first-order chi connectivity index (χ1) is 22.5. The fourth-order valence-electron chi connectivity index (χ4n) is 6.46. The molecule has 4 aromatic rings. The fourth-order valence-corrected chi connectivity index (χ4v) is 7.84. The molecule has 2 aliphatic heterocycles. The Morgan fingerprint density at radius 3 is 2.32 bits per heavy atom. The summed E-state index contributed by atoms with van der Waals surface area (Å²) >= 11 is 1.33. The highest BCUT2D eigenvalue weighted by atomic mass is 32.2. The molecule has 3 aromatic carbocycles. The van der Waals surface area contributed by atoms with E-state index in [0.29, 0.717) is 54.6 Å². The van der Waals surface area contributed by atoms with Gasteiger partial charge in [-0.3, -0.25) is 19.1 Å². The highest BCUT2D eigenvalue weighted by Gasteiger charge is 2.37. The molecule has 0 spiro atoms. The summed E-state index contributed by atoms with van der Waals surface area (Å²) < 4.78 is 79.6. The lowest BCUT2D eigenvalue weighted by molar-refractivity contribution is -0.138. The van der Waals surface area contributed by atoms with Crippen LogP contribution in [0.4, 0.5) is 22.0 Å². The third-order valence-corrected chi connectivity index (χ3v) is 10.2. The number of hydrogen-bond acceptors (Lipinski definition) is 5. The second-order valence-electron chi connectivity index (χ2n) is 11.6. The van der Waals surface area contributed by atoms with E-state index in [2.05, 4.69) is 4.90 Å². The molecule has 6 nitrogen and oxygen atoms in total. The molecule has 1 saturated heterocycles. The number of amides is 1. The predicted molar refractivity (Wildman–Crippen MR) is 170 cm³/mol. The van der Waals surface area contributed by atoms with E-state index in [1.54, 1.807) is 24.0 Å². The summed E-state index contributed by atoms with van der Waals surface area (Å²) in [4.78, 5) is 31.2. The number of ether oxygens (including phenoxy) is 1. The topological polar surface area (TPSA) is 54.8 Å². The van der Waals surface area contributed by atoms with Crippen LogP contribution >= 0.6 is 11.8 Å². The van der Waals surface area contributed by atoms with Gasteiger partial charge in [0, 0.05) is 61.6 Å². The van der Waals surface area contributed by atoms with Crippen molar-refractivity contribution in [1.82, 2.24) is 14.4 Å². The Bertz CT molecular complexity index is 1870. The van der Waals surface area contributed by atoms with Gasteiger partial charge in [-0.1, -0.05) is 36.4 Å². The highest BCUT2D eigenvalue weighted by Crippen LogP contribution is 2.42. The quantitative estimate of drug-likeness (QED) is 0.202. The van der Waals surface area contributed by atoms with Crippen molar-refractivity contribution in [3.63, 3.8) is 0 Å². The van der Waals surface area contributed by atoms with Crippen molar-refractivity contribution >= 4 is 17.7 Å². The molecule has 0 N–H and O–H groups in total. The van der Waals surface area contributed by atoms with E-state index in [1.165, 1.54) is 41.6 Å². The van der Waals surface area contributed by atoms with Gasteiger partial charge in [-0.2, -0.15) is 13.2 Å². The van der Waals surface area contributed by atoms with Crippen molar-refractivity contribution in [2.24, 2.45) is 0 Å². The molecule has 47 heavy (non-hydrogen) atoms. The third kappa shape index (κ3) is 6.28. The molecule has 6 rings (SSSR count). The van der Waals surface area contributed by atoms with E-state index < -0.39 is 47.0 Å². The zero-order valence-corrected chi connectivity index (χ0v) is 26.6. The van der Waals surface area contributed by atoms with E-state index >= 15 is 8.78 Å².